The Balaban J connectivity index is 1.59. The number of aryl methyl sites for hydroxylation is 2. The molecule has 142 valence electrons. The van der Waals surface area contributed by atoms with Gasteiger partial charge in [0.1, 0.15) is 5.75 Å². The third kappa shape index (κ3) is 4.82. The van der Waals surface area contributed by atoms with E-state index >= 15 is 0 Å². The molecule has 3 rings (SSSR count). The van der Waals surface area contributed by atoms with E-state index in [1.54, 1.807) is 7.11 Å². The van der Waals surface area contributed by atoms with Gasteiger partial charge < -0.3 is 9.64 Å². The molecule has 0 fully saturated rings. The number of fused-ring (bicyclic) bond motifs is 1. The van der Waals surface area contributed by atoms with Gasteiger partial charge in [-0.1, -0.05) is 61.9 Å². The number of unbranched alkanes of at least 4 members (excludes halogenated alkanes) is 1. The van der Waals surface area contributed by atoms with Gasteiger partial charge in [0, 0.05) is 13.6 Å². The van der Waals surface area contributed by atoms with Gasteiger partial charge in [0.25, 0.3) is 0 Å². The lowest BCUT2D eigenvalue weighted by atomic mass is 9.97. The number of hydrogen-bond donors (Lipinski definition) is 0. The number of hydrogen-bond acceptors (Lipinski definition) is 2. The zero-order valence-electron chi connectivity index (χ0n) is 16.9. The fourth-order valence-corrected chi connectivity index (χ4v) is 3.79. The van der Waals surface area contributed by atoms with Gasteiger partial charge >= 0.3 is 0 Å². The Hall–Kier alpha value is -2.48. The third-order valence-corrected chi connectivity index (χ3v) is 5.26. The molecule has 0 aliphatic heterocycles. The van der Waals surface area contributed by atoms with Gasteiger partial charge in [0.2, 0.25) is 0 Å². The second-order valence-corrected chi connectivity index (χ2v) is 7.27. The second-order valence-electron chi connectivity index (χ2n) is 7.27. The van der Waals surface area contributed by atoms with E-state index in [1.807, 2.05) is 12.1 Å². The third-order valence-electron chi connectivity index (χ3n) is 5.26. The maximum absolute atomic E-state index is 5.48. The molecular weight excluding hydrogens is 330 g/mol. The minimum absolute atomic E-state index is 0.942. The Morgan fingerprint density at radius 3 is 2.56 bits per heavy atom. The Morgan fingerprint density at radius 1 is 0.889 bits per heavy atom. The van der Waals surface area contributed by atoms with E-state index in [9.17, 15) is 0 Å². The number of ether oxygens (including phenoxy) is 1. The molecule has 0 aromatic heterocycles. The SMILES string of the molecule is CCCc1ccc2c(CCCCN(C)c3ccccc3OC)cccc2c1. The summed E-state index contributed by atoms with van der Waals surface area (Å²) >= 11 is 0. The number of rotatable bonds is 9. The van der Waals surface area contributed by atoms with Crippen LogP contribution in [0.3, 0.4) is 0 Å². The normalized spacial score (nSPS) is 10.9. The summed E-state index contributed by atoms with van der Waals surface area (Å²) in [5, 5.41) is 2.79. The van der Waals surface area contributed by atoms with Gasteiger partial charge in [0.05, 0.1) is 12.8 Å². The Bertz CT molecular complexity index is 871. The van der Waals surface area contributed by atoms with E-state index < -0.39 is 0 Å². The van der Waals surface area contributed by atoms with Crippen LogP contribution in [0.15, 0.2) is 60.7 Å². The van der Waals surface area contributed by atoms with Crippen molar-refractivity contribution in [2.45, 2.75) is 39.0 Å². The zero-order chi connectivity index (χ0) is 19.1. The largest absolute Gasteiger partial charge is 0.495 e. The van der Waals surface area contributed by atoms with Crippen LogP contribution in [0.4, 0.5) is 5.69 Å². The highest BCUT2D eigenvalue weighted by atomic mass is 16.5. The number of para-hydroxylation sites is 2. The van der Waals surface area contributed by atoms with Crippen LogP contribution in [0.25, 0.3) is 10.8 Å². The van der Waals surface area contributed by atoms with Crippen molar-refractivity contribution in [1.29, 1.82) is 0 Å². The highest BCUT2D eigenvalue weighted by Gasteiger charge is 2.07. The lowest BCUT2D eigenvalue weighted by Gasteiger charge is -2.21. The predicted octanol–water partition coefficient (Wildman–Crippen LogP) is 6.26. The van der Waals surface area contributed by atoms with Gasteiger partial charge in [-0.2, -0.15) is 0 Å². The molecule has 0 bridgehead atoms. The summed E-state index contributed by atoms with van der Waals surface area (Å²) in [7, 11) is 3.88. The van der Waals surface area contributed by atoms with Crippen LogP contribution >= 0.6 is 0 Å². The first-order valence-corrected chi connectivity index (χ1v) is 10.1. The average Bonchev–Trinajstić information content (AvgIpc) is 2.71. The summed E-state index contributed by atoms with van der Waals surface area (Å²) in [6.45, 7) is 3.27. The molecule has 0 aliphatic carbocycles. The molecule has 0 saturated heterocycles. The molecule has 0 unspecified atom stereocenters. The number of methoxy groups -OCH3 is 1. The summed E-state index contributed by atoms with van der Waals surface area (Å²) in [6.07, 6.45) is 5.85. The van der Waals surface area contributed by atoms with Crippen molar-refractivity contribution in [3.8, 4) is 5.75 Å². The van der Waals surface area contributed by atoms with Gasteiger partial charge in [-0.25, -0.2) is 0 Å². The molecule has 0 atom stereocenters. The Labute approximate surface area is 163 Å². The molecule has 0 radical (unpaired) electrons. The van der Waals surface area contributed by atoms with E-state index in [1.165, 1.54) is 41.2 Å². The lowest BCUT2D eigenvalue weighted by Crippen LogP contribution is -2.19. The van der Waals surface area contributed by atoms with Crippen molar-refractivity contribution in [1.82, 2.24) is 0 Å². The number of anilines is 1. The highest BCUT2D eigenvalue weighted by molar-refractivity contribution is 5.86. The lowest BCUT2D eigenvalue weighted by molar-refractivity contribution is 0.414. The summed E-state index contributed by atoms with van der Waals surface area (Å²) in [5.41, 5.74) is 4.07. The standard InChI is InChI=1S/C25H31NO/c1-4-10-20-16-17-23-21(12-9-13-22(23)19-20)11-7-8-18-26(2)24-14-5-6-15-25(24)27-3/h5-6,9,12-17,19H,4,7-8,10-11,18H2,1-3H3. The van der Waals surface area contributed by atoms with Gasteiger partial charge in [-0.05, 0) is 59.7 Å². The average molecular weight is 362 g/mol. The van der Waals surface area contributed by atoms with Crippen molar-refractivity contribution in [2.75, 3.05) is 25.6 Å². The van der Waals surface area contributed by atoms with Gasteiger partial charge in [0.15, 0.2) is 0 Å². The van der Waals surface area contributed by atoms with Crippen LogP contribution in [0.1, 0.15) is 37.3 Å². The predicted molar refractivity (Wildman–Crippen MR) is 117 cm³/mol. The van der Waals surface area contributed by atoms with Crippen molar-refractivity contribution < 1.29 is 4.74 Å². The smallest absolute Gasteiger partial charge is 0.142 e. The highest BCUT2D eigenvalue weighted by Crippen LogP contribution is 2.27. The first-order valence-electron chi connectivity index (χ1n) is 10.1. The minimum Gasteiger partial charge on any atom is -0.495 e. The molecular formula is C25H31NO. The zero-order valence-corrected chi connectivity index (χ0v) is 16.9. The van der Waals surface area contributed by atoms with Crippen LogP contribution in [-0.2, 0) is 12.8 Å². The van der Waals surface area contributed by atoms with E-state index in [0.29, 0.717) is 0 Å². The van der Waals surface area contributed by atoms with E-state index in [0.717, 1.165) is 30.8 Å². The molecule has 3 aromatic carbocycles. The summed E-state index contributed by atoms with van der Waals surface area (Å²) in [5.74, 6) is 0.942. The second kappa shape index (κ2) is 9.45. The van der Waals surface area contributed by atoms with E-state index in [-0.39, 0.29) is 0 Å². The first kappa shape index (κ1) is 19.3. The molecule has 0 heterocycles. The molecule has 0 N–H and O–H groups in total. The monoisotopic (exact) mass is 361 g/mol. The molecule has 0 amide bonds. The van der Waals surface area contributed by atoms with Crippen LogP contribution in [-0.4, -0.2) is 20.7 Å². The fourth-order valence-electron chi connectivity index (χ4n) is 3.79. The summed E-state index contributed by atoms with van der Waals surface area (Å²) < 4.78 is 5.48. The van der Waals surface area contributed by atoms with Crippen LogP contribution in [0.2, 0.25) is 0 Å². The maximum Gasteiger partial charge on any atom is 0.142 e. The van der Waals surface area contributed by atoms with Crippen LogP contribution in [0, 0.1) is 0 Å². The molecule has 0 spiro atoms. The number of nitrogens with zero attached hydrogens (tertiary/aromatic N) is 1. The van der Waals surface area contributed by atoms with Crippen molar-refractivity contribution >= 4 is 16.5 Å². The summed E-state index contributed by atoms with van der Waals surface area (Å²) in [6, 6.07) is 21.9. The number of benzene rings is 3. The maximum atomic E-state index is 5.48. The molecule has 0 saturated carbocycles. The first-order chi connectivity index (χ1) is 13.2. The molecule has 3 aromatic rings. The Morgan fingerprint density at radius 2 is 1.74 bits per heavy atom. The molecule has 2 heteroatoms. The van der Waals surface area contributed by atoms with Crippen molar-refractivity contribution in [3.05, 3.63) is 71.8 Å². The minimum atomic E-state index is 0.942. The van der Waals surface area contributed by atoms with Gasteiger partial charge in [-0.3, -0.25) is 0 Å². The van der Waals surface area contributed by atoms with Crippen molar-refractivity contribution in [3.63, 3.8) is 0 Å². The quantitative estimate of drug-likeness (QED) is 0.417. The molecule has 2 nitrogen and oxygen atoms in total. The van der Waals surface area contributed by atoms with Gasteiger partial charge in [-0.15, -0.1) is 0 Å². The van der Waals surface area contributed by atoms with Crippen LogP contribution in [0.5, 0.6) is 5.75 Å². The Kier molecular flexibility index (Phi) is 6.75. The molecule has 27 heavy (non-hydrogen) atoms. The summed E-state index contributed by atoms with van der Waals surface area (Å²) in [4.78, 5) is 2.29. The molecule has 0 aliphatic rings. The van der Waals surface area contributed by atoms with Crippen LogP contribution < -0.4 is 9.64 Å². The van der Waals surface area contributed by atoms with E-state index in [2.05, 4.69) is 67.4 Å². The van der Waals surface area contributed by atoms with E-state index in [4.69, 9.17) is 4.74 Å². The van der Waals surface area contributed by atoms with Crippen molar-refractivity contribution in [2.24, 2.45) is 0 Å². The fraction of sp³-hybridized carbons (Fsp3) is 0.360. The topological polar surface area (TPSA) is 12.5 Å².